The van der Waals surface area contributed by atoms with E-state index in [1.165, 1.54) is 22.3 Å². The Morgan fingerprint density at radius 2 is 0.770 bits per heavy atom. The van der Waals surface area contributed by atoms with Crippen LogP contribution < -0.4 is 14.5 Å². The fourth-order valence-corrected chi connectivity index (χ4v) is 13.5. The monoisotopic (exact) mass is 1130 g/mol. The first-order valence-electron chi connectivity index (χ1n) is 30.9. The van der Waals surface area contributed by atoms with Crippen LogP contribution in [0.5, 0.6) is 11.5 Å². The molecule has 0 radical (unpaired) electrons. The van der Waals surface area contributed by atoms with Gasteiger partial charge in [0.25, 0.3) is 0 Å². The van der Waals surface area contributed by atoms with Crippen molar-refractivity contribution in [2.24, 2.45) is 0 Å². The van der Waals surface area contributed by atoms with Crippen LogP contribution in [0, 0.1) is 0 Å². The minimum Gasteiger partial charge on any atom is -0.457 e. The molecular weight excluding hydrogens is 1060 g/mol. The quantitative estimate of drug-likeness (QED) is 0.122. The van der Waals surface area contributed by atoms with E-state index in [2.05, 4.69) is 322 Å². The summed E-state index contributed by atoms with van der Waals surface area (Å²) in [5.74, 6) is 1.54. The Labute approximate surface area is 512 Å². The first-order chi connectivity index (χ1) is 42.0. The van der Waals surface area contributed by atoms with Gasteiger partial charge in [0.2, 0.25) is 0 Å². The number of furan rings is 2. The molecule has 1 aliphatic rings. The van der Waals surface area contributed by atoms with Gasteiger partial charge >= 0.3 is 0 Å². The van der Waals surface area contributed by atoms with Gasteiger partial charge in [-0.05, 0) is 164 Å². The molecule has 0 aliphatic heterocycles. The lowest BCUT2D eigenvalue weighted by molar-refractivity contribution is 0.481. The zero-order chi connectivity index (χ0) is 60.0. The van der Waals surface area contributed by atoms with Crippen molar-refractivity contribution in [3.8, 4) is 22.6 Å². The third kappa shape index (κ3) is 9.47. The lowest BCUT2D eigenvalue weighted by Crippen LogP contribution is -2.29. The molecule has 0 saturated carbocycles. The molecule has 11 aromatic carbocycles. The predicted molar refractivity (Wildman–Crippen MR) is 364 cm³/mol. The largest absolute Gasteiger partial charge is 0.457 e. The average Bonchev–Trinajstić information content (AvgIpc) is 1.52. The molecule has 5 heteroatoms. The number of hydrogen-bond acceptors (Lipinski definition) is 5. The highest BCUT2D eigenvalue weighted by atomic mass is 16.5. The average molecular weight is 1140 g/mol. The highest BCUT2D eigenvalue weighted by Crippen LogP contribution is 2.65. The third-order valence-corrected chi connectivity index (χ3v) is 18.0. The van der Waals surface area contributed by atoms with Crippen LogP contribution in [0.1, 0.15) is 120 Å². The van der Waals surface area contributed by atoms with Crippen molar-refractivity contribution in [1.29, 1.82) is 0 Å². The van der Waals surface area contributed by atoms with Gasteiger partial charge in [-0.15, -0.1) is 0 Å². The number of ether oxygens (including phenoxy) is 1. The van der Waals surface area contributed by atoms with Gasteiger partial charge in [-0.2, -0.15) is 0 Å². The molecule has 0 N–H and O–H groups in total. The van der Waals surface area contributed by atoms with Crippen LogP contribution in [0.2, 0.25) is 0 Å². The van der Waals surface area contributed by atoms with E-state index in [4.69, 9.17) is 13.6 Å². The molecule has 1 unspecified atom stereocenters. The smallest absolute Gasteiger partial charge is 0.160 e. The summed E-state index contributed by atoms with van der Waals surface area (Å²) in [6.45, 7) is 22.6. The van der Waals surface area contributed by atoms with E-state index in [-0.39, 0.29) is 16.2 Å². The number of para-hydroxylation sites is 4. The van der Waals surface area contributed by atoms with Crippen LogP contribution in [-0.2, 0) is 28.1 Å². The number of anilines is 6. The molecule has 87 heavy (non-hydrogen) atoms. The minimum atomic E-state index is -0.984. The van der Waals surface area contributed by atoms with Crippen molar-refractivity contribution < 1.29 is 13.6 Å². The number of rotatable bonds is 12. The highest BCUT2D eigenvalue weighted by Gasteiger charge is 2.51. The van der Waals surface area contributed by atoms with Crippen LogP contribution in [0.3, 0.4) is 0 Å². The summed E-state index contributed by atoms with van der Waals surface area (Å²) in [4.78, 5) is 4.85. The standard InChI is InChI=1S/C82H74N2O3/c1-11-22-53-31-33-57(34-32-53)82(58-41-49-64(50-42-58)85-63-47-39-56(40-48-63)81(8,9)10)67-52-70(84(60-25-16-13-17-26-60)62-45-37-55(38-46-62)80(5,6)7)77-74(66-28-19-21-30-72(66)86-77)75(67)76-68(82)51-69(73-65-27-18-20-29-71(65)87-78(73)76)83(59-23-14-12-15-24-59)61-43-35-54(36-44-61)79(2,3)4/h12-21,23-52H,11,22H2,1-10H3. The summed E-state index contributed by atoms with van der Waals surface area (Å²) in [7, 11) is 0. The van der Waals surface area contributed by atoms with Gasteiger partial charge < -0.3 is 23.4 Å². The van der Waals surface area contributed by atoms with E-state index in [1.807, 2.05) is 0 Å². The number of hydrogen-bond donors (Lipinski definition) is 0. The summed E-state index contributed by atoms with van der Waals surface area (Å²) >= 11 is 0. The predicted octanol–water partition coefficient (Wildman–Crippen LogP) is 23.4. The summed E-state index contributed by atoms with van der Waals surface area (Å²) in [5.41, 5.74) is 19.9. The Balaban J connectivity index is 1.15. The van der Waals surface area contributed by atoms with Crippen LogP contribution in [0.25, 0.3) is 55.0 Å². The van der Waals surface area contributed by atoms with Gasteiger partial charge in [0.1, 0.15) is 28.2 Å². The van der Waals surface area contributed by atoms with Crippen molar-refractivity contribution in [3.05, 3.63) is 287 Å². The Hall–Kier alpha value is -9.58. The summed E-state index contributed by atoms with van der Waals surface area (Å²) in [6, 6.07) is 88.9. The molecule has 2 aromatic heterocycles. The molecule has 5 nitrogen and oxygen atoms in total. The maximum absolute atomic E-state index is 7.61. The van der Waals surface area contributed by atoms with Crippen LogP contribution in [0.4, 0.5) is 34.1 Å². The lowest BCUT2D eigenvalue weighted by atomic mass is 9.67. The van der Waals surface area contributed by atoms with Crippen molar-refractivity contribution in [3.63, 3.8) is 0 Å². The maximum atomic E-state index is 7.61. The first kappa shape index (κ1) is 55.3. The zero-order valence-corrected chi connectivity index (χ0v) is 51.6. The van der Waals surface area contributed by atoms with Crippen molar-refractivity contribution in [2.75, 3.05) is 9.80 Å². The Morgan fingerprint density at radius 3 is 1.26 bits per heavy atom. The van der Waals surface area contributed by atoms with Crippen LogP contribution >= 0.6 is 0 Å². The molecule has 13 aromatic rings. The number of fused-ring (bicyclic) bond motifs is 11. The molecular formula is C82H74N2O3. The van der Waals surface area contributed by atoms with Gasteiger partial charge in [-0.1, -0.05) is 221 Å². The molecule has 0 saturated heterocycles. The SMILES string of the molecule is CCCc1ccc(C2(c3ccc(Oc4ccc(C(C)(C)C)cc4)cc3)c3cc(N(c4ccccc4)c4ccc(C(C)(C)C)cc4)c4c(oc5ccccc54)c3-c3c2cc(N(c2ccccc2)c2ccc(C(C)(C)C)cc2)c2oc4ccccc4c32)cc1. The number of benzene rings is 11. The second-order valence-electron chi connectivity index (χ2n) is 26.8. The molecule has 0 spiro atoms. The van der Waals surface area contributed by atoms with Crippen LogP contribution in [-0.4, -0.2) is 0 Å². The number of aryl methyl sites for hydroxylation is 1. The van der Waals surface area contributed by atoms with Gasteiger partial charge in [0, 0.05) is 50.0 Å². The Bertz CT molecular complexity index is 4670. The van der Waals surface area contributed by atoms with E-state index < -0.39 is 5.41 Å². The van der Waals surface area contributed by atoms with Crippen molar-refractivity contribution >= 4 is 78.0 Å². The molecule has 1 aliphatic carbocycles. The van der Waals surface area contributed by atoms with Crippen molar-refractivity contribution in [1.82, 2.24) is 0 Å². The maximum Gasteiger partial charge on any atom is 0.160 e. The zero-order valence-electron chi connectivity index (χ0n) is 51.6. The topological polar surface area (TPSA) is 42.0 Å². The van der Waals surface area contributed by atoms with Gasteiger partial charge in [-0.3, -0.25) is 0 Å². The molecule has 14 rings (SSSR count). The second-order valence-corrected chi connectivity index (χ2v) is 26.8. The van der Waals surface area contributed by atoms with Crippen molar-refractivity contribution in [2.45, 2.75) is 104 Å². The molecule has 1 atom stereocenters. The molecule has 0 fully saturated rings. The number of nitrogens with zero attached hydrogens (tertiary/aromatic N) is 2. The van der Waals surface area contributed by atoms with E-state index in [1.54, 1.807) is 0 Å². The summed E-state index contributed by atoms with van der Waals surface area (Å²) < 4.78 is 21.8. The van der Waals surface area contributed by atoms with E-state index in [0.29, 0.717) is 0 Å². The normalized spacial score (nSPS) is 14.2. The Morgan fingerprint density at radius 1 is 0.379 bits per heavy atom. The first-order valence-corrected chi connectivity index (χ1v) is 30.9. The molecule has 0 bridgehead atoms. The molecule has 430 valence electrons. The van der Waals surface area contributed by atoms with E-state index in [0.717, 1.165) is 136 Å². The van der Waals surface area contributed by atoms with Gasteiger partial charge in [0.15, 0.2) is 5.58 Å². The van der Waals surface area contributed by atoms with E-state index >= 15 is 0 Å². The van der Waals surface area contributed by atoms with Gasteiger partial charge in [0.05, 0.1) is 22.2 Å². The second kappa shape index (κ2) is 21.1. The van der Waals surface area contributed by atoms with Crippen LogP contribution in [0.15, 0.2) is 251 Å². The Kier molecular flexibility index (Phi) is 13.4. The highest BCUT2D eigenvalue weighted by molar-refractivity contribution is 6.26. The fraction of sp³-hybridized carbons (Fsp3) is 0.195. The fourth-order valence-electron chi connectivity index (χ4n) is 13.5. The van der Waals surface area contributed by atoms with Gasteiger partial charge in [-0.25, -0.2) is 0 Å². The molecule has 2 heterocycles. The summed E-state index contributed by atoms with van der Waals surface area (Å²) in [6.07, 6.45) is 2.01. The third-order valence-electron chi connectivity index (χ3n) is 18.0. The summed E-state index contributed by atoms with van der Waals surface area (Å²) in [5, 5.41) is 4.13. The van der Waals surface area contributed by atoms with E-state index in [9.17, 15) is 0 Å². The molecule has 0 amide bonds. The lowest BCUT2D eigenvalue weighted by Gasteiger charge is -2.36. The minimum absolute atomic E-state index is 0.0170.